The summed E-state index contributed by atoms with van der Waals surface area (Å²) in [5, 5.41) is 5.31. The quantitative estimate of drug-likeness (QED) is 0.665. The Hall–Kier alpha value is -2.65. The highest BCUT2D eigenvalue weighted by Crippen LogP contribution is 2.22. The lowest BCUT2D eigenvalue weighted by molar-refractivity contribution is -0.116. The van der Waals surface area contributed by atoms with Crippen molar-refractivity contribution in [2.45, 2.75) is 50.7 Å². The Labute approximate surface area is 176 Å². The minimum atomic E-state index is -3.72. The fourth-order valence-corrected chi connectivity index (χ4v) is 4.72. The van der Waals surface area contributed by atoms with Gasteiger partial charge in [0.15, 0.2) is 5.76 Å². The number of piperidine rings is 1. The Balaban J connectivity index is 1.60. The summed E-state index contributed by atoms with van der Waals surface area (Å²) in [4.78, 5) is 24.1. The molecule has 30 heavy (non-hydrogen) atoms. The first kappa shape index (κ1) is 22.0. The number of carbonyl (C=O) groups is 2. The number of nitrogens with one attached hydrogen (secondary N) is 2. The topological polar surface area (TPSA) is 109 Å². The first-order valence-electron chi connectivity index (χ1n) is 10.2. The SMILES string of the molecule is CCCC(=O)Nc1cccc(CNC(=O)c2ccc(S(=O)(=O)N3CCCCC3)o2)c1. The normalized spacial score (nSPS) is 15.0. The van der Waals surface area contributed by atoms with Crippen LogP contribution in [0.5, 0.6) is 0 Å². The number of rotatable bonds is 8. The van der Waals surface area contributed by atoms with Crippen LogP contribution in [-0.2, 0) is 21.4 Å². The number of hydrogen-bond donors (Lipinski definition) is 2. The third-order valence-electron chi connectivity index (χ3n) is 4.86. The van der Waals surface area contributed by atoms with E-state index in [-0.39, 0.29) is 23.3 Å². The highest BCUT2D eigenvalue weighted by molar-refractivity contribution is 7.89. The molecule has 1 saturated heterocycles. The van der Waals surface area contributed by atoms with Gasteiger partial charge in [0.05, 0.1) is 0 Å². The zero-order valence-corrected chi connectivity index (χ0v) is 17.8. The average Bonchev–Trinajstić information content (AvgIpc) is 3.24. The molecule has 1 aromatic heterocycles. The molecule has 0 aliphatic carbocycles. The van der Waals surface area contributed by atoms with E-state index in [1.165, 1.54) is 16.4 Å². The van der Waals surface area contributed by atoms with Gasteiger partial charge >= 0.3 is 0 Å². The molecule has 0 unspecified atom stereocenters. The lowest BCUT2D eigenvalue weighted by Crippen LogP contribution is -2.35. The molecule has 1 aliphatic heterocycles. The number of carbonyl (C=O) groups excluding carboxylic acids is 2. The second-order valence-corrected chi connectivity index (χ2v) is 9.13. The van der Waals surface area contributed by atoms with Crippen LogP contribution in [0.15, 0.2) is 45.9 Å². The maximum Gasteiger partial charge on any atom is 0.287 e. The molecule has 2 amide bonds. The number of amides is 2. The number of benzene rings is 1. The molecule has 1 aromatic carbocycles. The number of furan rings is 1. The smallest absolute Gasteiger partial charge is 0.287 e. The van der Waals surface area contributed by atoms with Gasteiger partial charge in [0.25, 0.3) is 15.9 Å². The van der Waals surface area contributed by atoms with Gasteiger partial charge in [-0.25, -0.2) is 8.42 Å². The monoisotopic (exact) mass is 433 g/mol. The minimum Gasteiger partial charge on any atom is -0.438 e. The van der Waals surface area contributed by atoms with Crippen molar-refractivity contribution in [2.75, 3.05) is 18.4 Å². The summed E-state index contributed by atoms with van der Waals surface area (Å²) in [6.07, 6.45) is 3.88. The number of nitrogens with zero attached hydrogens (tertiary/aromatic N) is 1. The molecule has 0 spiro atoms. The Kier molecular flexibility index (Phi) is 7.28. The molecular formula is C21H27N3O5S. The largest absolute Gasteiger partial charge is 0.438 e. The molecule has 0 bridgehead atoms. The second-order valence-electron chi connectivity index (χ2n) is 7.26. The summed E-state index contributed by atoms with van der Waals surface area (Å²) in [7, 11) is -3.72. The maximum atomic E-state index is 12.6. The van der Waals surface area contributed by atoms with E-state index >= 15 is 0 Å². The molecule has 2 N–H and O–H groups in total. The summed E-state index contributed by atoms with van der Waals surface area (Å²) >= 11 is 0. The van der Waals surface area contributed by atoms with Crippen LogP contribution in [0.4, 0.5) is 5.69 Å². The molecule has 0 radical (unpaired) electrons. The lowest BCUT2D eigenvalue weighted by Gasteiger charge is -2.24. The minimum absolute atomic E-state index is 0.0574. The summed E-state index contributed by atoms with van der Waals surface area (Å²) < 4.78 is 32.0. The third kappa shape index (κ3) is 5.48. The molecule has 8 nitrogen and oxygen atoms in total. The van der Waals surface area contributed by atoms with Crippen molar-refractivity contribution < 1.29 is 22.4 Å². The maximum absolute atomic E-state index is 12.6. The van der Waals surface area contributed by atoms with Crippen LogP contribution < -0.4 is 10.6 Å². The summed E-state index contributed by atoms with van der Waals surface area (Å²) in [5.41, 5.74) is 1.46. The fraction of sp³-hybridized carbons (Fsp3) is 0.429. The summed E-state index contributed by atoms with van der Waals surface area (Å²) in [6, 6.07) is 9.87. The Morgan fingerprint density at radius 2 is 1.87 bits per heavy atom. The van der Waals surface area contributed by atoms with Crippen molar-refractivity contribution in [1.82, 2.24) is 9.62 Å². The Bertz CT molecular complexity index is 994. The zero-order valence-electron chi connectivity index (χ0n) is 17.0. The van der Waals surface area contributed by atoms with Crippen molar-refractivity contribution >= 4 is 27.5 Å². The number of sulfonamides is 1. The molecule has 0 saturated carbocycles. The molecule has 3 rings (SSSR count). The first-order valence-corrected chi connectivity index (χ1v) is 11.6. The van der Waals surface area contributed by atoms with Crippen molar-refractivity contribution in [1.29, 1.82) is 0 Å². The molecule has 162 valence electrons. The van der Waals surface area contributed by atoms with Gasteiger partial charge in [0, 0.05) is 31.7 Å². The van der Waals surface area contributed by atoms with Gasteiger partial charge in [-0.2, -0.15) is 4.31 Å². The van der Waals surface area contributed by atoms with E-state index in [2.05, 4.69) is 10.6 Å². The summed E-state index contributed by atoms with van der Waals surface area (Å²) in [5.74, 6) is -0.620. The van der Waals surface area contributed by atoms with Gasteiger partial charge < -0.3 is 15.1 Å². The van der Waals surface area contributed by atoms with Crippen molar-refractivity contribution in [3.8, 4) is 0 Å². The number of hydrogen-bond acceptors (Lipinski definition) is 5. The van der Waals surface area contributed by atoms with Gasteiger partial charge in [0.2, 0.25) is 11.0 Å². The molecule has 9 heteroatoms. The first-order chi connectivity index (χ1) is 14.4. The van der Waals surface area contributed by atoms with Crippen molar-refractivity contribution in [3.05, 3.63) is 47.7 Å². The molecule has 1 aliphatic rings. The van der Waals surface area contributed by atoms with Gasteiger partial charge in [-0.05, 0) is 49.1 Å². The zero-order chi connectivity index (χ0) is 21.6. The van der Waals surface area contributed by atoms with Crippen LogP contribution in [0.2, 0.25) is 0 Å². The van der Waals surface area contributed by atoms with E-state index in [1.54, 1.807) is 18.2 Å². The average molecular weight is 434 g/mol. The predicted octanol–water partition coefficient (Wildman–Crippen LogP) is 3.12. The fourth-order valence-electron chi connectivity index (χ4n) is 3.29. The standard InChI is InChI=1S/C21H27N3O5S/c1-2-7-19(25)23-17-9-6-8-16(14-17)15-22-21(26)18-10-11-20(29-18)30(27,28)24-12-4-3-5-13-24/h6,8-11,14H,2-5,7,12-13,15H2,1H3,(H,22,26)(H,23,25). The van der Waals surface area contributed by atoms with Gasteiger partial charge in [-0.3, -0.25) is 9.59 Å². The van der Waals surface area contributed by atoms with Crippen molar-refractivity contribution in [2.24, 2.45) is 0 Å². The van der Waals surface area contributed by atoms with Crippen LogP contribution in [0.3, 0.4) is 0 Å². The molecule has 2 aromatic rings. The summed E-state index contributed by atoms with van der Waals surface area (Å²) in [6.45, 7) is 3.08. The van der Waals surface area contributed by atoms with Gasteiger partial charge in [0.1, 0.15) is 0 Å². The molecule has 0 atom stereocenters. The van der Waals surface area contributed by atoms with Crippen LogP contribution in [0.1, 0.15) is 55.1 Å². The van der Waals surface area contributed by atoms with E-state index in [9.17, 15) is 18.0 Å². The number of anilines is 1. The van der Waals surface area contributed by atoms with Crippen LogP contribution >= 0.6 is 0 Å². The van der Waals surface area contributed by atoms with E-state index in [0.29, 0.717) is 25.2 Å². The molecule has 2 heterocycles. The van der Waals surface area contributed by atoms with Crippen LogP contribution in [0.25, 0.3) is 0 Å². The molecule has 1 fully saturated rings. The Morgan fingerprint density at radius 3 is 2.60 bits per heavy atom. The lowest BCUT2D eigenvalue weighted by atomic mass is 10.2. The van der Waals surface area contributed by atoms with E-state index < -0.39 is 15.9 Å². The second kappa shape index (κ2) is 9.90. The predicted molar refractivity (Wildman–Crippen MR) is 112 cm³/mol. The van der Waals surface area contributed by atoms with Crippen LogP contribution in [-0.4, -0.2) is 37.6 Å². The van der Waals surface area contributed by atoms with Gasteiger partial charge in [-0.15, -0.1) is 0 Å². The van der Waals surface area contributed by atoms with Crippen molar-refractivity contribution in [3.63, 3.8) is 0 Å². The van der Waals surface area contributed by atoms with E-state index in [4.69, 9.17) is 4.42 Å². The van der Waals surface area contributed by atoms with E-state index in [0.717, 1.165) is 31.2 Å². The molecular weight excluding hydrogens is 406 g/mol. The van der Waals surface area contributed by atoms with Crippen LogP contribution in [0, 0.1) is 0 Å². The third-order valence-corrected chi connectivity index (χ3v) is 6.63. The highest BCUT2D eigenvalue weighted by Gasteiger charge is 2.29. The Morgan fingerprint density at radius 1 is 1.10 bits per heavy atom. The highest BCUT2D eigenvalue weighted by atomic mass is 32.2. The van der Waals surface area contributed by atoms with E-state index in [1.807, 2.05) is 13.0 Å². The van der Waals surface area contributed by atoms with Gasteiger partial charge in [-0.1, -0.05) is 25.5 Å².